The Balaban J connectivity index is 1.83. The number of hydrogen-bond donors (Lipinski definition) is 1. The molecule has 3 aromatic rings. The highest BCUT2D eigenvalue weighted by molar-refractivity contribution is 7.89. The third-order valence-electron chi connectivity index (χ3n) is 3.84. The lowest BCUT2D eigenvalue weighted by atomic mass is 10.1. The van der Waals surface area contributed by atoms with E-state index in [-0.39, 0.29) is 4.90 Å². The summed E-state index contributed by atoms with van der Waals surface area (Å²) < 4.78 is 38.2. The van der Waals surface area contributed by atoms with Gasteiger partial charge in [-0.2, -0.15) is 13.5 Å². The van der Waals surface area contributed by atoms with Crippen molar-refractivity contribution >= 4 is 16.2 Å². The van der Waals surface area contributed by atoms with Crippen LogP contribution in [0.4, 0.5) is 4.39 Å². The first-order chi connectivity index (χ1) is 13.4. The topological polar surface area (TPSA) is 58.5 Å². The Morgan fingerprint density at radius 1 is 0.964 bits per heavy atom. The van der Waals surface area contributed by atoms with Gasteiger partial charge in [0.15, 0.2) is 0 Å². The molecule has 0 heterocycles. The molecule has 3 aromatic carbocycles. The quantitative estimate of drug-likeness (QED) is 0.417. The number of halogens is 1. The number of rotatable bonds is 4. The van der Waals surface area contributed by atoms with Crippen LogP contribution in [0, 0.1) is 24.6 Å². The van der Waals surface area contributed by atoms with Crippen molar-refractivity contribution in [2.45, 2.75) is 11.8 Å². The zero-order valence-corrected chi connectivity index (χ0v) is 15.9. The summed E-state index contributed by atoms with van der Waals surface area (Å²) in [5.41, 5.74) is 2.66. The summed E-state index contributed by atoms with van der Waals surface area (Å²) in [5.74, 6) is 5.48. The highest BCUT2D eigenvalue weighted by Crippen LogP contribution is 2.11. The smallest absolute Gasteiger partial charge is 0.207 e. The third-order valence-corrected chi connectivity index (χ3v) is 5.08. The van der Waals surface area contributed by atoms with Crippen LogP contribution in [0.15, 0.2) is 82.8 Å². The highest BCUT2D eigenvalue weighted by Gasteiger charge is 2.12. The average molecular weight is 392 g/mol. The molecule has 0 aromatic heterocycles. The zero-order chi connectivity index (χ0) is 20.0. The maximum Gasteiger partial charge on any atom is 0.276 e. The fraction of sp³-hybridized carbons (Fsp3) is 0.0455. The lowest BCUT2D eigenvalue weighted by Crippen LogP contribution is -2.18. The summed E-state index contributed by atoms with van der Waals surface area (Å²) in [7, 11) is -3.80. The number of aryl methyl sites for hydroxylation is 1. The summed E-state index contributed by atoms with van der Waals surface area (Å²) in [6.07, 6.45) is 1.24. The Morgan fingerprint density at radius 3 is 2.39 bits per heavy atom. The molecular formula is C22H17FN2O2S. The number of hydrazone groups is 1. The highest BCUT2D eigenvalue weighted by atomic mass is 32.2. The standard InChI is InChI=1S/C22H17FN2O2S/c1-17-7-13-22(14-8-17)28(26,27)25-24-16-20-15-21(23)12-11-19(20)10-9-18-5-3-2-4-6-18/h2-8,11-16,25H,1H3/b24-16+. The second kappa shape index (κ2) is 8.51. The van der Waals surface area contributed by atoms with Gasteiger partial charge >= 0.3 is 0 Å². The molecule has 0 atom stereocenters. The molecule has 0 bridgehead atoms. The van der Waals surface area contributed by atoms with Crippen LogP contribution in [0.5, 0.6) is 0 Å². The van der Waals surface area contributed by atoms with Gasteiger partial charge in [-0.3, -0.25) is 0 Å². The second-order valence-corrected chi connectivity index (χ2v) is 7.67. The van der Waals surface area contributed by atoms with Crippen LogP contribution in [-0.4, -0.2) is 14.6 Å². The molecule has 0 amide bonds. The summed E-state index contributed by atoms with van der Waals surface area (Å²) in [6, 6.07) is 19.8. The van der Waals surface area contributed by atoms with Gasteiger partial charge in [-0.1, -0.05) is 47.7 Å². The van der Waals surface area contributed by atoms with E-state index in [1.54, 1.807) is 12.1 Å². The van der Waals surface area contributed by atoms with Gasteiger partial charge in [0.25, 0.3) is 10.0 Å². The predicted molar refractivity (Wildman–Crippen MR) is 108 cm³/mol. The van der Waals surface area contributed by atoms with E-state index < -0.39 is 15.8 Å². The van der Waals surface area contributed by atoms with Gasteiger partial charge < -0.3 is 0 Å². The lowest BCUT2D eigenvalue weighted by molar-refractivity contribution is 0.584. The molecular weight excluding hydrogens is 375 g/mol. The minimum atomic E-state index is -3.80. The molecule has 0 saturated heterocycles. The fourth-order valence-corrected chi connectivity index (χ4v) is 3.14. The Kier molecular flexibility index (Phi) is 5.87. The van der Waals surface area contributed by atoms with Gasteiger partial charge in [0.05, 0.1) is 11.1 Å². The van der Waals surface area contributed by atoms with E-state index in [9.17, 15) is 12.8 Å². The molecule has 3 rings (SSSR count). The van der Waals surface area contributed by atoms with Gasteiger partial charge in [-0.15, -0.1) is 0 Å². The van der Waals surface area contributed by atoms with E-state index in [1.807, 2.05) is 37.3 Å². The minimum absolute atomic E-state index is 0.0959. The molecule has 0 unspecified atom stereocenters. The van der Waals surface area contributed by atoms with Gasteiger partial charge in [0.1, 0.15) is 5.82 Å². The van der Waals surface area contributed by atoms with Gasteiger partial charge in [-0.25, -0.2) is 9.22 Å². The molecule has 0 aliphatic carbocycles. The third kappa shape index (κ3) is 5.06. The van der Waals surface area contributed by atoms with E-state index in [0.29, 0.717) is 11.1 Å². The number of nitrogens with one attached hydrogen (secondary N) is 1. The van der Waals surface area contributed by atoms with Crippen LogP contribution in [0.3, 0.4) is 0 Å². The van der Waals surface area contributed by atoms with Crippen molar-refractivity contribution in [3.8, 4) is 11.8 Å². The van der Waals surface area contributed by atoms with Crippen molar-refractivity contribution in [3.05, 3.63) is 101 Å². The first kappa shape index (κ1) is 19.3. The zero-order valence-electron chi connectivity index (χ0n) is 15.1. The molecule has 28 heavy (non-hydrogen) atoms. The minimum Gasteiger partial charge on any atom is -0.207 e. The van der Waals surface area contributed by atoms with Gasteiger partial charge in [0.2, 0.25) is 0 Å². The van der Waals surface area contributed by atoms with Gasteiger partial charge in [0, 0.05) is 16.7 Å². The van der Waals surface area contributed by atoms with E-state index in [0.717, 1.165) is 11.1 Å². The molecule has 140 valence electrons. The molecule has 0 saturated carbocycles. The van der Waals surface area contributed by atoms with Crippen molar-refractivity contribution in [1.29, 1.82) is 0 Å². The monoisotopic (exact) mass is 392 g/mol. The summed E-state index contributed by atoms with van der Waals surface area (Å²) >= 11 is 0. The molecule has 0 spiro atoms. The van der Waals surface area contributed by atoms with Crippen LogP contribution >= 0.6 is 0 Å². The molecule has 0 radical (unpaired) electrons. The normalized spacial score (nSPS) is 11.1. The maximum absolute atomic E-state index is 13.6. The number of benzene rings is 3. The number of nitrogens with zero attached hydrogens (tertiary/aromatic N) is 1. The molecule has 4 nitrogen and oxygen atoms in total. The van der Waals surface area contributed by atoms with Crippen molar-refractivity contribution in [2.24, 2.45) is 5.10 Å². The molecule has 0 fully saturated rings. The maximum atomic E-state index is 13.6. The van der Waals surface area contributed by atoms with E-state index in [2.05, 4.69) is 21.8 Å². The second-order valence-electron chi connectivity index (χ2n) is 6.01. The SMILES string of the molecule is Cc1ccc(S(=O)(=O)N/N=C/c2cc(F)ccc2C#Cc2ccccc2)cc1. The Morgan fingerprint density at radius 2 is 1.68 bits per heavy atom. The van der Waals surface area contributed by atoms with E-state index in [1.165, 1.54) is 36.5 Å². The van der Waals surface area contributed by atoms with Gasteiger partial charge in [-0.05, 0) is 49.4 Å². The van der Waals surface area contributed by atoms with E-state index in [4.69, 9.17) is 0 Å². The van der Waals surface area contributed by atoms with Crippen LogP contribution in [-0.2, 0) is 10.0 Å². The number of sulfonamides is 1. The molecule has 0 aliphatic rings. The average Bonchev–Trinajstić information content (AvgIpc) is 2.68. The molecule has 1 N–H and O–H groups in total. The van der Waals surface area contributed by atoms with Crippen molar-refractivity contribution in [1.82, 2.24) is 4.83 Å². The van der Waals surface area contributed by atoms with E-state index >= 15 is 0 Å². The summed E-state index contributed by atoms with van der Waals surface area (Å²) in [4.78, 5) is 2.23. The van der Waals surface area contributed by atoms with Crippen LogP contribution in [0.2, 0.25) is 0 Å². The summed E-state index contributed by atoms with van der Waals surface area (Å²) in [6.45, 7) is 1.87. The van der Waals surface area contributed by atoms with Crippen molar-refractivity contribution in [2.75, 3.05) is 0 Å². The fourth-order valence-electron chi connectivity index (χ4n) is 2.35. The van der Waals surface area contributed by atoms with Crippen LogP contribution in [0.25, 0.3) is 0 Å². The Labute approximate surface area is 163 Å². The first-order valence-corrected chi connectivity index (χ1v) is 9.90. The molecule has 6 heteroatoms. The van der Waals surface area contributed by atoms with Crippen molar-refractivity contribution in [3.63, 3.8) is 0 Å². The largest absolute Gasteiger partial charge is 0.276 e. The Bertz CT molecular complexity index is 1160. The van der Waals surface area contributed by atoms with Crippen molar-refractivity contribution < 1.29 is 12.8 Å². The summed E-state index contributed by atoms with van der Waals surface area (Å²) in [5, 5.41) is 3.77. The van der Waals surface area contributed by atoms with Crippen LogP contribution < -0.4 is 4.83 Å². The Hall–Kier alpha value is -3.43. The molecule has 0 aliphatic heterocycles. The number of hydrogen-bond acceptors (Lipinski definition) is 3. The predicted octanol–water partition coefficient (Wildman–Crippen LogP) is 3.85. The first-order valence-electron chi connectivity index (χ1n) is 8.42. The lowest BCUT2D eigenvalue weighted by Gasteiger charge is -2.04. The van der Waals surface area contributed by atoms with Crippen LogP contribution in [0.1, 0.15) is 22.3 Å².